The average Bonchev–Trinajstić information content (AvgIpc) is 2.90. The van der Waals surface area contributed by atoms with E-state index in [1.807, 2.05) is 18.2 Å². The number of nitrogens with zero attached hydrogens (tertiary/aromatic N) is 1. The second kappa shape index (κ2) is 6.08. The fourth-order valence-corrected chi connectivity index (χ4v) is 2.40. The number of nitrogens with one attached hydrogen (secondary N) is 1. The molecule has 4 nitrogen and oxygen atoms in total. The summed E-state index contributed by atoms with van der Waals surface area (Å²) in [5.41, 5.74) is 3.01. The summed E-state index contributed by atoms with van der Waals surface area (Å²) in [5.74, 6) is 5.71. The normalized spacial score (nSPS) is 10.5. The molecule has 22 heavy (non-hydrogen) atoms. The molecule has 0 bridgehead atoms. The summed E-state index contributed by atoms with van der Waals surface area (Å²) in [7, 11) is 0. The summed E-state index contributed by atoms with van der Waals surface area (Å²) in [4.78, 5) is 19.2. The molecule has 0 spiro atoms. The number of halogens is 1. The van der Waals surface area contributed by atoms with Gasteiger partial charge in [-0.1, -0.05) is 11.8 Å². The second-order valence-corrected chi connectivity index (χ2v) is 4.92. The van der Waals surface area contributed by atoms with Crippen molar-refractivity contribution in [3.63, 3.8) is 0 Å². The zero-order valence-corrected chi connectivity index (χ0v) is 12.7. The van der Waals surface area contributed by atoms with Gasteiger partial charge in [0.05, 0.1) is 24.2 Å². The Morgan fingerprint density at radius 1 is 1.32 bits per heavy atom. The highest BCUT2D eigenvalue weighted by atomic mass is 35.5. The van der Waals surface area contributed by atoms with Crippen LogP contribution in [0.5, 0.6) is 0 Å². The number of pyridine rings is 1. The third-order valence-electron chi connectivity index (χ3n) is 3.27. The summed E-state index contributed by atoms with van der Waals surface area (Å²) in [6, 6.07) is 7.60. The molecular weight excluding hydrogens is 300 g/mol. The minimum Gasteiger partial charge on any atom is -0.461 e. The minimum atomic E-state index is -0.420. The molecule has 1 aromatic carbocycles. The van der Waals surface area contributed by atoms with Crippen LogP contribution >= 0.6 is 11.6 Å². The predicted molar refractivity (Wildman–Crippen MR) is 87.2 cm³/mol. The molecule has 2 heterocycles. The first-order chi connectivity index (χ1) is 10.7. The van der Waals surface area contributed by atoms with Crippen molar-refractivity contribution in [2.45, 2.75) is 6.92 Å². The monoisotopic (exact) mass is 312 g/mol. The maximum atomic E-state index is 11.8. The molecule has 0 atom stereocenters. The van der Waals surface area contributed by atoms with E-state index in [1.165, 1.54) is 0 Å². The molecule has 0 unspecified atom stereocenters. The third kappa shape index (κ3) is 2.63. The number of carbonyl (C=O) groups is 1. The molecule has 0 saturated heterocycles. The van der Waals surface area contributed by atoms with E-state index in [1.54, 1.807) is 19.2 Å². The molecule has 110 valence electrons. The van der Waals surface area contributed by atoms with Crippen molar-refractivity contribution in [2.75, 3.05) is 12.5 Å². The number of aromatic nitrogens is 2. The molecular formula is C17H13ClN2O2. The smallest absolute Gasteiger partial charge is 0.356 e. The van der Waals surface area contributed by atoms with Gasteiger partial charge in [0.15, 0.2) is 0 Å². The van der Waals surface area contributed by atoms with E-state index in [4.69, 9.17) is 16.3 Å². The zero-order valence-electron chi connectivity index (χ0n) is 11.9. The number of alkyl halides is 1. The lowest BCUT2D eigenvalue weighted by molar-refractivity contribution is 0.0520. The van der Waals surface area contributed by atoms with Gasteiger partial charge >= 0.3 is 5.97 Å². The highest BCUT2D eigenvalue weighted by Crippen LogP contribution is 2.26. The SMILES string of the molecule is CCOC(=O)c1cc2c(cn1)[nH]c1ccc(C#CCCl)cc12. The molecule has 0 saturated carbocycles. The van der Waals surface area contributed by atoms with E-state index >= 15 is 0 Å². The van der Waals surface area contributed by atoms with Gasteiger partial charge in [0.2, 0.25) is 0 Å². The second-order valence-electron chi connectivity index (χ2n) is 4.66. The van der Waals surface area contributed by atoms with Gasteiger partial charge in [-0.15, -0.1) is 11.6 Å². The van der Waals surface area contributed by atoms with Gasteiger partial charge in [-0.3, -0.25) is 0 Å². The van der Waals surface area contributed by atoms with Gasteiger partial charge in [0.1, 0.15) is 5.69 Å². The quantitative estimate of drug-likeness (QED) is 0.448. The fraction of sp³-hybridized carbons (Fsp3) is 0.176. The topological polar surface area (TPSA) is 55.0 Å². The lowest BCUT2D eigenvalue weighted by Crippen LogP contribution is -2.06. The lowest BCUT2D eigenvalue weighted by Gasteiger charge is -2.00. The van der Waals surface area contributed by atoms with Crippen molar-refractivity contribution >= 4 is 39.4 Å². The van der Waals surface area contributed by atoms with Gasteiger partial charge in [0, 0.05) is 21.9 Å². The number of fused-ring (bicyclic) bond motifs is 3. The molecule has 0 radical (unpaired) electrons. The van der Waals surface area contributed by atoms with Crippen LogP contribution in [0.15, 0.2) is 30.5 Å². The Bertz CT molecular complexity index is 919. The summed E-state index contributed by atoms with van der Waals surface area (Å²) < 4.78 is 4.99. The fourth-order valence-electron chi connectivity index (χ4n) is 2.33. The maximum absolute atomic E-state index is 11.8. The first-order valence-electron chi connectivity index (χ1n) is 6.86. The van der Waals surface area contributed by atoms with Gasteiger partial charge in [-0.25, -0.2) is 9.78 Å². The van der Waals surface area contributed by atoms with Crippen LogP contribution < -0.4 is 0 Å². The molecule has 5 heteroatoms. The summed E-state index contributed by atoms with van der Waals surface area (Å²) in [6.07, 6.45) is 1.64. The van der Waals surface area contributed by atoms with Gasteiger partial charge in [-0.05, 0) is 31.2 Å². The maximum Gasteiger partial charge on any atom is 0.356 e. The third-order valence-corrected chi connectivity index (χ3v) is 3.40. The first-order valence-corrected chi connectivity index (χ1v) is 7.40. The number of hydrogen-bond donors (Lipinski definition) is 1. The van der Waals surface area contributed by atoms with Crippen molar-refractivity contribution < 1.29 is 9.53 Å². The number of ether oxygens (including phenoxy) is 1. The summed E-state index contributed by atoms with van der Waals surface area (Å²) >= 11 is 5.59. The number of carbonyl (C=O) groups excluding carboxylic acids is 1. The van der Waals surface area contributed by atoms with Gasteiger partial charge < -0.3 is 9.72 Å². The van der Waals surface area contributed by atoms with Crippen LogP contribution in [0.4, 0.5) is 0 Å². The molecule has 2 aromatic heterocycles. The molecule has 0 fully saturated rings. The number of benzene rings is 1. The predicted octanol–water partition coefficient (Wildman–Crippen LogP) is 3.48. The molecule has 3 aromatic rings. The van der Waals surface area contributed by atoms with Crippen LogP contribution in [-0.2, 0) is 4.74 Å². The van der Waals surface area contributed by atoms with Crippen LogP contribution in [0.25, 0.3) is 21.8 Å². The van der Waals surface area contributed by atoms with Gasteiger partial charge in [0.25, 0.3) is 0 Å². The highest BCUT2D eigenvalue weighted by molar-refractivity contribution is 6.19. The number of rotatable bonds is 2. The van der Waals surface area contributed by atoms with Crippen molar-refractivity contribution in [1.82, 2.24) is 9.97 Å². The Morgan fingerprint density at radius 3 is 2.91 bits per heavy atom. The Labute approximate surface area is 132 Å². The summed E-state index contributed by atoms with van der Waals surface area (Å²) in [6.45, 7) is 2.09. The van der Waals surface area contributed by atoms with Crippen LogP contribution in [0.3, 0.4) is 0 Å². The first kappa shape index (κ1) is 14.4. The van der Waals surface area contributed by atoms with E-state index in [0.717, 1.165) is 27.4 Å². The highest BCUT2D eigenvalue weighted by Gasteiger charge is 2.12. The number of hydrogen-bond acceptors (Lipinski definition) is 3. The van der Waals surface area contributed by atoms with E-state index in [9.17, 15) is 4.79 Å². The van der Waals surface area contributed by atoms with Crippen LogP contribution in [-0.4, -0.2) is 28.4 Å². The molecule has 1 N–H and O–H groups in total. The van der Waals surface area contributed by atoms with Crippen molar-refractivity contribution in [3.05, 3.63) is 41.7 Å². The minimum absolute atomic E-state index is 0.294. The number of esters is 1. The van der Waals surface area contributed by atoms with Crippen LogP contribution in [0.1, 0.15) is 23.0 Å². The van der Waals surface area contributed by atoms with E-state index in [-0.39, 0.29) is 0 Å². The number of H-pyrrole nitrogens is 1. The Balaban J connectivity index is 2.16. The summed E-state index contributed by atoms with van der Waals surface area (Å²) in [5, 5.41) is 1.91. The van der Waals surface area contributed by atoms with Crippen molar-refractivity contribution in [3.8, 4) is 11.8 Å². The van der Waals surface area contributed by atoms with Crippen LogP contribution in [0.2, 0.25) is 0 Å². The van der Waals surface area contributed by atoms with E-state index < -0.39 is 5.97 Å². The Kier molecular flexibility index (Phi) is 3.99. The van der Waals surface area contributed by atoms with E-state index in [0.29, 0.717) is 18.2 Å². The molecule has 0 aliphatic heterocycles. The zero-order chi connectivity index (χ0) is 15.5. The largest absolute Gasteiger partial charge is 0.461 e. The molecule has 0 aliphatic rings. The standard InChI is InChI=1S/C17H13ClN2O2/c1-2-22-17(21)15-9-13-12-8-11(4-3-7-18)5-6-14(12)20-16(13)10-19-15/h5-6,8-10,20H,2,7H2,1H3. The van der Waals surface area contributed by atoms with Crippen molar-refractivity contribution in [2.24, 2.45) is 0 Å². The van der Waals surface area contributed by atoms with Crippen molar-refractivity contribution in [1.29, 1.82) is 0 Å². The Morgan fingerprint density at radius 2 is 2.14 bits per heavy atom. The average molecular weight is 313 g/mol. The number of aromatic amines is 1. The molecule has 0 amide bonds. The van der Waals surface area contributed by atoms with Gasteiger partial charge in [-0.2, -0.15) is 0 Å². The Hall–Kier alpha value is -2.51. The van der Waals surface area contributed by atoms with Crippen LogP contribution in [0, 0.1) is 11.8 Å². The molecule has 0 aliphatic carbocycles. The lowest BCUT2D eigenvalue weighted by atomic mass is 10.1. The van der Waals surface area contributed by atoms with E-state index in [2.05, 4.69) is 21.8 Å². The molecule has 3 rings (SSSR count).